The molecule has 1 atom stereocenters. The number of benzene rings is 2. The van der Waals surface area contributed by atoms with Crippen molar-refractivity contribution in [1.29, 1.82) is 0 Å². The van der Waals surface area contributed by atoms with E-state index in [1.54, 1.807) is 24.3 Å². The smallest absolute Gasteiger partial charge is 0.123 e. The molecule has 0 aromatic heterocycles. The van der Waals surface area contributed by atoms with Crippen molar-refractivity contribution < 1.29 is 9.50 Å². The van der Waals surface area contributed by atoms with Crippen LogP contribution >= 0.6 is 0 Å². The third kappa shape index (κ3) is 4.38. The highest BCUT2D eigenvalue weighted by molar-refractivity contribution is 5.26. The molecule has 0 saturated heterocycles. The Labute approximate surface area is 112 Å². The predicted octanol–water partition coefficient (Wildman–Crippen LogP) is 3.25. The van der Waals surface area contributed by atoms with Crippen molar-refractivity contribution in [3.05, 3.63) is 65.5 Å². The minimum Gasteiger partial charge on any atom is -0.508 e. The van der Waals surface area contributed by atoms with Crippen molar-refractivity contribution in [1.82, 2.24) is 5.32 Å². The highest BCUT2D eigenvalue weighted by atomic mass is 19.1. The molecule has 0 aliphatic rings. The molecule has 2 rings (SSSR count). The second kappa shape index (κ2) is 6.34. The molecule has 1 unspecified atom stereocenters. The van der Waals surface area contributed by atoms with Crippen LogP contribution in [0.2, 0.25) is 0 Å². The standard InChI is InChI=1S/C16H18FNO/c1-12(10-13-4-8-16(19)9-5-13)18-11-14-2-6-15(17)7-3-14/h2-9,12,18-19H,10-11H2,1H3. The number of rotatable bonds is 5. The lowest BCUT2D eigenvalue weighted by atomic mass is 10.1. The number of hydrogen-bond acceptors (Lipinski definition) is 2. The molecule has 100 valence electrons. The van der Waals surface area contributed by atoms with Crippen LogP contribution in [0.3, 0.4) is 0 Å². The van der Waals surface area contributed by atoms with E-state index in [1.165, 1.54) is 17.7 Å². The van der Waals surface area contributed by atoms with Crippen molar-refractivity contribution in [2.45, 2.75) is 25.9 Å². The Morgan fingerprint density at radius 2 is 1.58 bits per heavy atom. The van der Waals surface area contributed by atoms with Crippen LogP contribution in [-0.2, 0) is 13.0 Å². The fraction of sp³-hybridized carbons (Fsp3) is 0.250. The molecule has 0 fully saturated rings. The van der Waals surface area contributed by atoms with Crippen LogP contribution in [0.4, 0.5) is 4.39 Å². The van der Waals surface area contributed by atoms with Gasteiger partial charge in [0.05, 0.1) is 0 Å². The van der Waals surface area contributed by atoms with Crippen LogP contribution in [0.15, 0.2) is 48.5 Å². The zero-order valence-electron chi connectivity index (χ0n) is 10.9. The van der Waals surface area contributed by atoms with Crippen LogP contribution in [0.25, 0.3) is 0 Å². The van der Waals surface area contributed by atoms with E-state index in [0.717, 1.165) is 18.5 Å². The lowest BCUT2D eigenvalue weighted by molar-refractivity contribution is 0.474. The summed E-state index contributed by atoms with van der Waals surface area (Å²) in [6, 6.07) is 14.1. The van der Waals surface area contributed by atoms with Crippen molar-refractivity contribution in [2.24, 2.45) is 0 Å². The molecule has 0 spiro atoms. The first-order chi connectivity index (χ1) is 9.13. The van der Waals surface area contributed by atoms with E-state index in [0.29, 0.717) is 6.04 Å². The fourth-order valence-electron chi connectivity index (χ4n) is 1.95. The zero-order chi connectivity index (χ0) is 13.7. The predicted molar refractivity (Wildman–Crippen MR) is 74.5 cm³/mol. The minimum absolute atomic E-state index is 0.208. The number of aromatic hydroxyl groups is 1. The van der Waals surface area contributed by atoms with Gasteiger partial charge in [0.2, 0.25) is 0 Å². The summed E-state index contributed by atoms with van der Waals surface area (Å²) in [5.41, 5.74) is 2.25. The van der Waals surface area contributed by atoms with Gasteiger partial charge in [-0.15, -0.1) is 0 Å². The van der Waals surface area contributed by atoms with E-state index in [1.807, 2.05) is 12.1 Å². The molecular weight excluding hydrogens is 241 g/mol. The molecule has 0 aliphatic heterocycles. The first-order valence-electron chi connectivity index (χ1n) is 6.39. The van der Waals surface area contributed by atoms with E-state index < -0.39 is 0 Å². The number of phenolic OH excluding ortho intramolecular Hbond substituents is 1. The Morgan fingerprint density at radius 3 is 2.21 bits per heavy atom. The molecule has 3 heteroatoms. The highest BCUT2D eigenvalue weighted by Crippen LogP contribution is 2.11. The number of nitrogens with one attached hydrogen (secondary N) is 1. The van der Waals surface area contributed by atoms with Crippen molar-refractivity contribution in [3.63, 3.8) is 0 Å². The number of halogens is 1. The fourth-order valence-corrected chi connectivity index (χ4v) is 1.95. The van der Waals surface area contributed by atoms with Crippen LogP contribution in [-0.4, -0.2) is 11.1 Å². The maximum atomic E-state index is 12.8. The molecule has 2 aromatic carbocycles. The molecule has 0 radical (unpaired) electrons. The normalized spacial score (nSPS) is 12.3. The second-order valence-electron chi connectivity index (χ2n) is 4.78. The molecule has 2 N–H and O–H groups in total. The van der Waals surface area contributed by atoms with E-state index in [-0.39, 0.29) is 11.6 Å². The molecule has 0 aliphatic carbocycles. The maximum Gasteiger partial charge on any atom is 0.123 e. The molecule has 2 nitrogen and oxygen atoms in total. The molecule has 0 amide bonds. The molecule has 0 bridgehead atoms. The number of hydrogen-bond donors (Lipinski definition) is 2. The van der Waals surface area contributed by atoms with Gasteiger partial charge in [0.25, 0.3) is 0 Å². The van der Waals surface area contributed by atoms with Gasteiger partial charge in [-0.3, -0.25) is 0 Å². The van der Waals surface area contributed by atoms with Crippen LogP contribution in [0.5, 0.6) is 5.75 Å². The van der Waals surface area contributed by atoms with Crippen LogP contribution in [0.1, 0.15) is 18.1 Å². The summed E-state index contributed by atoms with van der Waals surface area (Å²) in [5, 5.41) is 12.6. The average molecular weight is 259 g/mol. The molecule has 0 heterocycles. The van der Waals surface area contributed by atoms with Gasteiger partial charge < -0.3 is 10.4 Å². The van der Waals surface area contributed by atoms with Gasteiger partial charge in [0.15, 0.2) is 0 Å². The maximum absolute atomic E-state index is 12.8. The summed E-state index contributed by atoms with van der Waals surface area (Å²) >= 11 is 0. The lowest BCUT2D eigenvalue weighted by Crippen LogP contribution is -2.27. The van der Waals surface area contributed by atoms with Crippen molar-refractivity contribution in [2.75, 3.05) is 0 Å². The van der Waals surface area contributed by atoms with Crippen LogP contribution < -0.4 is 5.32 Å². The quantitative estimate of drug-likeness (QED) is 0.864. The Morgan fingerprint density at radius 1 is 1.00 bits per heavy atom. The highest BCUT2D eigenvalue weighted by Gasteiger charge is 2.03. The van der Waals surface area contributed by atoms with Gasteiger partial charge in [-0.2, -0.15) is 0 Å². The van der Waals surface area contributed by atoms with Gasteiger partial charge in [0.1, 0.15) is 11.6 Å². The summed E-state index contributed by atoms with van der Waals surface area (Å²) in [5.74, 6) is 0.0802. The first-order valence-corrected chi connectivity index (χ1v) is 6.39. The molecular formula is C16H18FNO. The summed E-state index contributed by atoms with van der Waals surface area (Å²) in [6.07, 6.45) is 0.890. The van der Waals surface area contributed by atoms with Gasteiger partial charge in [0, 0.05) is 12.6 Å². The van der Waals surface area contributed by atoms with E-state index in [2.05, 4.69) is 12.2 Å². The molecule has 0 saturated carbocycles. The lowest BCUT2D eigenvalue weighted by Gasteiger charge is -2.14. The Hall–Kier alpha value is -1.87. The topological polar surface area (TPSA) is 32.3 Å². The van der Waals surface area contributed by atoms with Gasteiger partial charge in [-0.1, -0.05) is 24.3 Å². The van der Waals surface area contributed by atoms with Gasteiger partial charge in [-0.25, -0.2) is 4.39 Å². The van der Waals surface area contributed by atoms with Gasteiger partial charge >= 0.3 is 0 Å². The van der Waals surface area contributed by atoms with Crippen molar-refractivity contribution in [3.8, 4) is 5.75 Å². The molecule has 2 aromatic rings. The monoisotopic (exact) mass is 259 g/mol. The zero-order valence-corrected chi connectivity index (χ0v) is 10.9. The van der Waals surface area contributed by atoms with E-state index in [4.69, 9.17) is 0 Å². The third-order valence-corrected chi connectivity index (χ3v) is 3.05. The summed E-state index contributed by atoms with van der Waals surface area (Å²) < 4.78 is 12.8. The largest absolute Gasteiger partial charge is 0.508 e. The Bertz CT molecular complexity index is 507. The number of phenols is 1. The summed E-state index contributed by atoms with van der Waals surface area (Å²) in [7, 11) is 0. The minimum atomic E-state index is -0.208. The third-order valence-electron chi connectivity index (χ3n) is 3.05. The van der Waals surface area contributed by atoms with E-state index in [9.17, 15) is 9.50 Å². The Balaban J connectivity index is 1.82. The Kier molecular flexibility index (Phi) is 4.53. The summed E-state index contributed by atoms with van der Waals surface area (Å²) in [4.78, 5) is 0. The first kappa shape index (κ1) is 13.6. The van der Waals surface area contributed by atoms with Crippen LogP contribution in [0, 0.1) is 5.82 Å². The average Bonchev–Trinajstić information content (AvgIpc) is 2.41. The van der Waals surface area contributed by atoms with Crippen molar-refractivity contribution >= 4 is 0 Å². The van der Waals surface area contributed by atoms with Gasteiger partial charge in [-0.05, 0) is 48.7 Å². The summed E-state index contributed by atoms with van der Waals surface area (Å²) in [6.45, 7) is 2.83. The molecule has 19 heavy (non-hydrogen) atoms. The second-order valence-corrected chi connectivity index (χ2v) is 4.78. The SMILES string of the molecule is CC(Cc1ccc(O)cc1)NCc1ccc(F)cc1. The van der Waals surface area contributed by atoms with E-state index >= 15 is 0 Å².